The number of carboxylic acids is 1. The number of methoxy groups -OCH3 is 6. The number of ether oxygens (including phenoxy) is 11. The van der Waals surface area contributed by atoms with Crippen LogP contribution in [-0.2, 0) is 33.2 Å². The van der Waals surface area contributed by atoms with Crippen LogP contribution in [0.5, 0.6) is 23.0 Å². The molecule has 0 aliphatic rings. The third kappa shape index (κ3) is 24.1. The van der Waals surface area contributed by atoms with Gasteiger partial charge >= 0.3 is 42.4 Å². The van der Waals surface area contributed by atoms with E-state index >= 15 is 0 Å². The van der Waals surface area contributed by atoms with Crippen LogP contribution in [0, 0.1) is 45.3 Å². The van der Waals surface area contributed by atoms with E-state index in [1.165, 1.54) is 44.2 Å². The molecule has 114 heavy (non-hydrogen) atoms. The first kappa shape index (κ1) is 89.8. The molecule has 11 aromatic rings. The number of carbonyl (C=O) groups is 7. The molecule has 596 valence electrons. The zero-order chi connectivity index (χ0) is 84.0. The highest BCUT2D eigenvalue weighted by atomic mass is 16.8. The predicted octanol–water partition coefficient (Wildman–Crippen LogP) is 16.0. The number of fused-ring (bicyclic) bond motifs is 4. The number of nitrogens with one attached hydrogen (secondary N) is 2. The molecule has 0 radical (unpaired) electrons. The third-order valence-electron chi connectivity index (χ3n) is 14.7. The molecule has 0 spiro atoms. The van der Waals surface area contributed by atoms with Gasteiger partial charge in [0, 0.05) is 69.3 Å². The zero-order valence-electron chi connectivity index (χ0n) is 65.0. The largest absolute Gasteiger partial charge is 0.519 e. The summed E-state index contributed by atoms with van der Waals surface area (Å²) in [5.41, 5.74) is 8.22. The Kier molecular flexibility index (Phi) is 30.7. The summed E-state index contributed by atoms with van der Waals surface area (Å²) in [7, 11) is 8.80. The van der Waals surface area contributed by atoms with Crippen molar-refractivity contribution < 1.29 is 101 Å². The fraction of sp³-hybridized carbons (Fsp3) is 0.284. The Morgan fingerprint density at radius 3 is 1.48 bits per heavy atom. The molecule has 6 N–H and O–H groups in total. The SMILES string of the molecule is C.CC(C)(C)OC(=O)OC(=O)OC(C)(C)C.COC(=O)c1cccc(-c2noc(-c3[nH]c4cc(OC)ccc4c3C#N)n2)c1.COC(=O)c1cccc(/C(N)=N/O)c1.COc1ccc2c(C#N)c(C(=O)O)n(C(=O)OC(C)(C)C)c2c1.COc1ccc2c(C#N)c[nH]c2c1.COc1ccc2c(C#N)cn(C(=O)OC(C)(C)C)c2c1. The lowest BCUT2D eigenvalue weighted by molar-refractivity contribution is -0.0295. The molecule has 6 aromatic carbocycles. The molecule has 0 saturated carbocycles. The van der Waals surface area contributed by atoms with Crippen LogP contribution in [0.15, 0.2) is 143 Å². The fourth-order valence-electron chi connectivity index (χ4n) is 9.93. The van der Waals surface area contributed by atoms with Gasteiger partial charge in [0.1, 0.15) is 75.4 Å². The number of nitrogens with two attached hydrogens (primary N) is 1. The van der Waals surface area contributed by atoms with E-state index in [9.17, 15) is 49.2 Å². The second kappa shape index (κ2) is 39.0. The average molecular weight is 1560 g/mol. The number of carbonyl (C=O) groups excluding carboxylic acids is 6. The quantitative estimate of drug-likeness (QED) is 0.0161. The number of H-pyrrole nitrogens is 2. The standard InChI is InChI=1S/C20H14N4O4.C16H16N2O5.C15H16N2O3.C10H8N2O.C10H18O5.C9H10N2O3.CH4/c1-26-13-6-7-14-15(10-21)17(22-16(14)9-13)19-23-18(24-28-19)11-4-3-5-12(8-11)20(25)27-2;1-16(2,3)23-15(21)18-12-7-9(22-4)5-6-10(12)11(8-17)13(18)14(19)20;1-15(2,3)20-14(18)17-9-10(8-16)12-6-5-11(19-4)7-13(12)17;1-13-8-2-3-9-7(5-11)6-12-10(9)4-8;1-9(2,3)14-7(11)13-8(12)15-10(4,5)6;1-14-9(12)7-4-2-3-6(5-7)8(10)11-13;/h3-9,22H,1-2H3;5-7H,1-4H3,(H,19,20);5-7,9H,1-4H3;2-4,6,12H,1H3;1-6H3;2-5,13H,1H3,(H2,10,11);1H4. The summed E-state index contributed by atoms with van der Waals surface area (Å²) in [6, 6.07) is 42.0. The van der Waals surface area contributed by atoms with E-state index in [1.54, 1.807) is 202 Å². The van der Waals surface area contributed by atoms with E-state index in [2.05, 4.69) is 52.9 Å². The summed E-state index contributed by atoms with van der Waals surface area (Å²) in [6.07, 6.45) is -0.317. The van der Waals surface area contributed by atoms with Crippen LogP contribution in [0.4, 0.5) is 19.2 Å². The predicted molar refractivity (Wildman–Crippen MR) is 416 cm³/mol. The van der Waals surface area contributed by atoms with Gasteiger partial charge in [0.2, 0.25) is 5.82 Å². The number of aromatic amines is 2. The van der Waals surface area contributed by atoms with Crippen LogP contribution in [0.2, 0.25) is 0 Å². The molecule has 0 unspecified atom stereocenters. The summed E-state index contributed by atoms with van der Waals surface area (Å²) >= 11 is 0. The van der Waals surface area contributed by atoms with Crippen molar-refractivity contribution in [1.82, 2.24) is 29.2 Å². The monoisotopic (exact) mass is 1560 g/mol. The van der Waals surface area contributed by atoms with Crippen LogP contribution in [0.3, 0.4) is 0 Å². The molecule has 0 amide bonds. The zero-order valence-corrected chi connectivity index (χ0v) is 65.0. The van der Waals surface area contributed by atoms with Crippen LogP contribution in [-0.4, -0.2) is 153 Å². The van der Waals surface area contributed by atoms with Crippen LogP contribution in [0.25, 0.3) is 66.6 Å². The minimum absolute atomic E-state index is 0. The average Bonchev–Trinajstić information content (AvgIpc) is 1.60. The van der Waals surface area contributed by atoms with Crippen LogP contribution < -0.4 is 24.7 Å². The molecule has 33 nitrogen and oxygen atoms in total. The van der Waals surface area contributed by atoms with Gasteiger partial charge in [0.15, 0.2) is 11.5 Å². The minimum atomic E-state index is -1.39. The number of hydrogen-bond acceptors (Lipinski definition) is 27. The van der Waals surface area contributed by atoms with Gasteiger partial charge in [-0.15, -0.1) is 0 Å². The topological polar surface area (TPSA) is 475 Å². The lowest BCUT2D eigenvalue weighted by Crippen LogP contribution is -2.29. The Bertz CT molecular complexity index is 5520. The van der Waals surface area contributed by atoms with Gasteiger partial charge in [-0.3, -0.25) is 4.57 Å². The first-order valence-corrected chi connectivity index (χ1v) is 33.6. The third-order valence-corrected chi connectivity index (χ3v) is 14.7. The van der Waals surface area contributed by atoms with Crippen molar-refractivity contribution in [3.05, 3.63) is 178 Å². The fourth-order valence-corrected chi connectivity index (χ4v) is 9.93. The number of hydrogen-bond donors (Lipinski definition) is 5. The number of aromatic nitrogens is 6. The minimum Gasteiger partial charge on any atom is -0.497 e. The maximum Gasteiger partial charge on any atom is 0.519 e. The normalized spacial score (nSPS) is 10.8. The Hall–Kier alpha value is -14.9. The van der Waals surface area contributed by atoms with Gasteiger partial charge in [0.05, 0.1) is 98.1 Å². The van der Waals surface area contributed by atoms with Gasteiger partial charge in [0.25, 0.3) is 5.89 Å². The van der Waals surface area contributed by atoms with Crippen molar-refractivity contribution in [3.63, 3.8) is 0 Å². The summed E-state index contributed by atoms with van der Waals surface area (Å²) in [6.45, 7) is 20.4. The number of esters is 2. The lowest BCUT2D eigenvalue weighted by atomic mass is 10.1. The molecule has 11 rings (SSSR count). The smallest absolute Gasteiger partial charge is 0.497 e. The second-order valence-electron chi connectivity index (χ2n) is 27.4. The van der Waals surface area contributed by atoms with Gasteiger partial charge < -0.3 is 82.6 Å². The number of nitrogens with zero attached hydrogens (tertiary/aromatic N) is 9. The van der Waals surface area contributed by atoms with Gasteiger partial charge in [-0.25, -0.2) is 38.1 Å². The van der Waals surface area contributed by atoms with Crippen molar-refractivity contribution in [2.24, 2.45) is 10.9 Å². The van der Waals surface area contributed by atoms with Crippen LogP contribution in [0.1, 0.15) is 150 Å². The molecular weight excluding hydrogens is 1480 g/mol. The Labute approximate surface area is 654 Å². The molecule has 33 heteroatoms. The van der Waals surface area contributed by atoms with E-state index in [4.69, 9.17) is 68.6 Å². The molecule has 0 aliphatic carbocycles. The molecule has 0 bridgehead atoms. The number of benzene rings is 6. The molecule has 0 fully saturated rings. The molecule has 0 saturated heterocycles. The Morgan fingerprint density at radius 2 is 0.991 bits per heavy atom. The van der Waals surface area contributed by atoms with E-state index in [0.717, 1.165) is 32.1 Å². The first-order chi connectivity index (χ1) is 53.2. The molecular formula is C81H86N12O21. The highest BCUT2D eigenvalue weighted by Gasteiger charge is 2.31. The molecule has 5 aromatic heterocycles. The van der Waals surface area contributed by atoms with Crippen LogP contribution >= 0.6 is 0 Å². The molecule has 5 heterocycles. The summed E-state index contributed by atoms with van der Waals surface area (Å²) < 4.78 is 61.8. The Balaban J connectivity index is 0.000000249. The number of rotatable bonds is 10. The summed E-state index contributed by atoms with van der Waals surface area (Å²) in [5, 5.41) is 64.2. The lowest BCUT2D eigenvalue weighted by Gasteiger charge is -2.20. The first-order valence-electron chi connectivity index (χ1n) is 33.6. The number of oxime groups is 1. The van der Waals surface area contributed by atoms with Gasteiger partial charge in [-0.1, -0.05) is 42.0 Å². The summed E-state index contributed by atoms with van der Waals surface area (Å²) in [4.78, 5) is 91.6. The number of amidine groups is 1. The van der Waals surface area contributed by atoms with Crippen molar-refractivity contribution in [2.45, 2.75) is 113 Å². The highest BCUT2D eigenvalue weighted by molar-refractivity contribution is 6.06. The maximum atomic E-state index is 12.5. The van der Waals surface area contributed by atoms with Crippen molar-refractivity contribution in [2.75, 3.05) is 42.7 Å². The van der Waals surface area contributed by atoms with Crippen molar-refractivity contribution in [1.29, 1.82) is 21.0 Å². The Morgan fingerprint density at radius 1 is 0.526 bits per heavy atom. The maximum absolute atomic E-state index is 12.5. The number of nitriles is 4. The molecule has 0 aliphatic heterocycles. The number of aromatic carboxylic acids is 1. The van der Waals surface area contributed by atoms with E-state index in [1.807, 2.05) is 24.3 Å². The van der Waals surface area contributed by atoms with Gasteiger partial charge in [-0.05, 0) is 156 Å². The van der Waals surface area contributed by atoms with E-state index in [-0.39, 0.29) is 30.2 Å². The van der Waals surface area contributed by atoms with Crippen molar-refractivity contribution in [3.8, 4) is 70.2 Å². The second-order valence-corrected chi connectivity index (χ2v) is 27.4. The van der Waals surface area contributed by atoms with E-state index < -0.39 is 70.5 Å². The summed E-state index contributed by atoms with van der Waals surface area (Å²) in [5.74, 6) is 0.615. The number of carboxylic acid groups (broad SMARTS) is 1. The molecule has 0 atom stereocenters. The highest BCUT2D eigenvalue weighted by Crippen LogP contribution is 2.34. The van der Waals surface area contributed by atoms with Gasteiger partial charge in [-0.2, -0.15) is 26.0 Å². The van der Waals surface area contributed by atoms with E-state index in [0.29, 0.717) is 84.0 Å². The van der Waals surface area contributed by atoms with Crippen molar-refractivity contribution >= 4 is 91.9 Å².